The summed E-state index contributed by atoms with van der Waals surface area (Å²) in [5.74, 6) is 1.66. The van der Waals surface area contributed by atoms with Crippen molar-refractivity contribution >= 4 is 33.6 Å². The van der Waals surface area contributed by atoms with Crippen molar-refractivity contribution in [2.75, 3.05) is 30.7 Å². The normalized spacial score (nSPS) is 19.1. The Bertz CT molecular complexity index is 1450. The summed E-state index contributed by atoms with van der Waals surface area (Å²) in [7, 11) is 1.66. The van der Waals surface area contributed by atoms with Crippen LogP contribution in [-0.2, 0) is 4.74 Å². The number of ether oxygens (including phenoxy) is 3. The predicted octanol–water partition coefficient (Wildman–Crippen LogP) is 5.68. The van der Waals surface area contributed by atoms with Gasteiger partial charge in [-0.3, -0.25) is 4.99 Å². The highest BCUT2D eigenvalue weighted by molar-refractivity contribution is 7.14. The van der Waals surface area contributed by atoms with Gasteiger partial charge in [-0.15, -0.1) is 11.3 Å². The lowest BCUT2D eigenvalue weighted by molar-refractivity contribution is 0.340. The van der Waals surface area contributed by atoms with E-state index in [1.807, 2.05) is 96.2 Å². The minimum absolute atomic E-state index is 0.168. The van der Waals surface area contributed by atoms with Gasteiger partial charge in [-0.2, -0.15) is 5.10 Å². The Morgan fingerprint density at radius 2 is 1.74 bits per heavy atom. The van der Waals surface area contributed by atoms with Crippen molar-refractivity contribution in [2.24, 2.45) is 10.1 Å². The number of benzene rings is 3. The van der Waals surface area contributed by atoms with E-state index < -0.39 is 0 Å². The van der Waals surface area contributed by atoms with E-state index in [2.05, 4.69) is 5.32 Å². The molecule has 1 saturated heterocycles. The van der Waals surface area contributed by atoms with Crippen LogP contribution in [0.2, 0.25) is 0 Å². The molecule has 0 spiro atoms. The zero-order valence-corrected chi connectivity index (χ0v) is 21.9. The smallest absolute Gasteiger partial charge is 0.209 e. The van der Waals surface area contributed by atoms with Gasteiger partial charge in [0.15, 0.2) is 12.3 Å². The minimum Gasteiger partial charge on any atom is -0.497 e. The third-order valence-electron chi connectivity index (χ3n) is 6.25. The molecule has 2 aliphatic heterocycles. The molecule has 1 aromatic heterocycles. The van der Waals surface area contributed by atoms with Crippen LogP contribution in [0.4, 0.5) is 10.8 Å². The molecule has 0 bridgehead atoms. The number of epoxide rings is 1. The van der Waals surface area contributed by atoms with Gasteiger partial charge >= 0.3 is 0 Å². The molecule has 3 aromatic carbocycles. The van der Waals surface area contributed by atoms with Crippen molar-refractivity contribution in [1.29, 1.82) is 0 Å². The van der Waals surface area contributed by atoms with E-state index in [4.69, 9.17) is 29.3 Å². The monoisotopic (exact) mass is 525 g/mol. The van der Waals surface area contributed by atoms with Crippen LogP contribution < -0.4 is 19.8 Å². The molecule has 2 aliphatic rings. The molecule has 192 valence electrons. The SMILES string of the molecule is CCOc1ccc(NCN=C2C(c3ccccc3)=NN(c3nc(-c4ccc(OC)cc4)cs3)C3OC23)cc1. The van der Waals surface area contributed by atoms with Crippen LogP contribution in [0, 0.1) is 0 Å². The molecule has 8 nitrogen and oxygen atoms in total. The topological polar surface area (TPSA) is 83.9 Å². The molecule has 1 N–H and O–H groups in total. The van der Waals surface area contributed by atoms with Crippen molar-refractivity contribution in [3.05, 3.63) is 89.8 Å². The Hall–Kier alpha value is -4.21. The number of thiazole rings is 1. The second-order valence-corrected chi connectivity index (χ2v) is 9.52. The molecule has 2 unspecified atom stereocenters. The number of hydrogen-bond acceptors (Lipinski definition) is 9. The third-order valence-corrected chi connectivity index (χ3v) is 7.08. The highest BCUT2D eigenvalue weighted by Crippen LogP contribution is 2.39. The molecule has 0 radical (unpaired) electrons. The van der Waals surface area contributed by atoms with E-state index in [1.54, 1.807) is 18.4 Å². The molecule has 2 atom stereocenters. The Morgan fingerprint density at radius 3 is 2.47 bits per heavy atom. The van der Waals surface area contributed by atoms with Crippen LogP contribution in [0.3, 0.4) is 0 Å². The first-order valence-electron chi connectivity index (χ1n) is 12.4. The van der Waals surface area contributed by atoms with Gasteiger partial charge in [-0.05, 0) is 55.5 Å². The van der Waals surface area contributed by atoms with Crippen LogP contribution in [0.25, 0.3) is 11.3 Å². The van der Waals surface area contributed by atoms with Crippen molar-refractivity contribution in [2.45, 2.75) is 19.3 Å². The van der Waals surface area contributed by atoms with E-state index in [9.17, 15) is 0 Å². The van der Waals surface area contributed by atoms with Gasteiger partial charge in [0.05, 0.1) is 25.1 Å². The number of aromatic nitrogens is 1. The first-order valence-corrected chi connectivity index (χ1v) is 13.3. The number of hydrazone groups is 1. The van der Waals surface area contributed by atoms with E-state index in [0.29, 0.717) is 13.3 Å². The summed E-state index contributed by atoms with van der Waals surface area (Å²) in [4.78, 5) is 9.74. The first kappa shape index (κ1) is 24.1. The Balaban J connectivity index is 1.25. The van der Waals surface area contributed by atoms with Gasteiger partial charge in [-0.1, -0.05) is 30.3 Å². The Labute approximate surface area is 225 Å². The molecule has 3 heterocycles. The molecule has 4 aromatic rings. The molecule has 1 fully saturated rings. The van der Waals surface area contributed by atoms with E-state index >= 15 is 0 Å². The number of rotatable bonds is 9. The number of methoxy groups -OCH3 is 1. The lowest BCUT2D eigenvalue weighted by Gasteiger charge is -2.21. The molecule has 38 heavy (non-hydrogen) atoms. The summed E-state index contributed by atoms with van der Waals surface area (Å²) in [6.07, 6.45) is -0.389. The quantitative estimate of drug-likeness (QED) is 0.283. The average molecular weight is 526 g/mol. The molecular weight excluding hydrogens is 498 g/mol. The predicted molar refractivity (Wildman–Crippen MR) is 152 cm³/mol. The first-order chi connectivity index (χ1) is 18.7. The molecule has 0 amide bonds. The zero-order valence-electron chi connectivity index (χ0n) is 21.1. The maximum absolute atomic E-state index is 6.09. The Kier molecular flexibility index (Phi) is 6.76. The van der Waals surface area contributed by atoms with E-state index in [0.717, 1.165) is 50.6 Å². The summed E-state index contributed by atoms with van der Waals surface area (Å²) < 4.78 is 16.9. The number of nitrogens with one attached hydrogen (secondary N) is 1. The van der Waals surface area contributed by atoms with Crippen molar-refractivity contribution in [1.82, 2.24) is 4.98 Å². The number of fused-ring (bicyclic) bond motifs is 1. The standard InChI is InChI=1S/C29H27N5O3S/c1-3-36-23-15-11-21(12-16-23)30-18-31-26-25(20-7-5-4-6-8-20)33-34(28-27(26)37-28)29-32-24(17-38-29)19-9-13-22(35-2)14-10-19/h4-17,27-28,30H,3,18H2,1-2H3. The Morgan fingerprint density at radius 1 is 0.974 bits per heavy atom. The van der Waals surface area contributed by atoms with Gasteiger partial charge in [0.1, 0.15) is 23.9 Å². The number of anilines is 2. The molecule has 0 aliphatic carbocycles. The van der Waals surface area contributed by atoms with Gasteiger partial charge in [0.2, 0.25) is 5.13 Å². The highest BCUT2D eigenvalue weighted by atomic mass is 32.1. The van der Waals surface area contributed by atoms with Crippen molar-refractivity contribution in [3.63, 3.8) is 0 Å². The molecule has 0 saturated carbocycles. The summed E-state index contributed by atoms with van der Waals surface area (Å²) >= 11 is 1.54. The van der Waals surface area contributed by atoms with Crippen LogP contribution in [0.5, 0.6) is 11.5 Å². The third kappa shape index (κ3) is 4.98. The van der Waals surface area contributed by atoms with Gasteiger partial charge < -0.3 is 19.5 Å². The summed E-state index contributed by atoms with van der Waals surface area (Å²) in [6, 6.07) is 25.8. The maximum atomic E-state index is 6.09. The van der Waals surface area contributed by atoms with Crippen LogP contribution in [0.1, 0.15) is 12.5 Å². The highest BCUT2D eigenvalue weighted by Gasteiger charge is 2.53. The van der Waals surface area contributed by atoms with Gasteiger partial charge in [0, 0.05) is 22.2 Å². The van der Waals surface area contributed by atoms with E-state index in [-0.39, 0.29) is 12.3 Å². The van der Waals surface area contributed by atoms with Crippen LogP contribution in [0.15, 0.2) is 94.3 Å². The molecular formula is C29H27N5O3S. The lowest BCUT2D eigenvalue weighted by atomic mass is 10.0. The maximum Gasteiger partial charge on any atom is 0.209 e. The average Bonchev–Trinajstić information content (AvgIpc) is 3.62. The summed E-state index contributed by atoms with van der Waals surface area (Å²) in [5, 5.41) is 13.1. The second kappa shape index (κ2) is 10.6. The number of aliphatic imine (C=N–C) groups is 1. The van der Waals surface area contributed by atoms with Gasteiger partial charge in [-0.25, -0.2) is 9.99 Å². The number of nitrogens with zero attached hydrogens (tertiary/aromatic N) is 4. The lowest BCUT2D eigenvalue weighted by Crippen LogP contribution is -2.37. The van der Waals surface area contributed by atoms with E-state index in [1.165, 1.54) is 0 Å². The zero-order chi connectivity index (χ0) is 25.9. The molecule has 6 rings (SSSR count). The van der Waals surface area contributed by atoms with Crippen molar-refractivity contribution < 1.29 is 14.2 Å². The van der Waals surface area contributed by atoms with Crippen LogP contribution >= 0.6 is 11.3 Å². The number of hydrogen-bond donors (Lipinski definition) is 1. The second-order valence-electron chi connectivity index (χ2n) is 8.69. The fourth-order valence-electron chi connectivity index (χ4n) is 4.27. The molecule has 9 heteroatoms. The fraction of sp³-hybridized carbons (Fsp3) is 0.207. The largest absolute Gasteiger partial charge is 0.497 e. The van der Waals surface area contributed by atoms with Gasteiger partial charge in [0.25, 0.3) is 0 Å². The minimum atomic E-state index is -0.221. The summed E-state index contributed by atoms with van der Waals surface area (Å²) in [5.41, 5.74) is 5.49. The fourth-order valence-corrected chi connectivity index (χ4v) is 5.08. The van der Waals surface area contributed by atoms with Crippen molar-refractivity contribution in [3.8, 4) is 22.8 Å². The van der Waals surface area contributed by atoms with Crippen LogP contribution in [-0.4, -0.2) is 49.1 Å². The summed E-state index contributed by atoms with van der Waals surface area (Å²) in [6.45, 7) is 3.02.